The lowest BCUT2D eigenvalue weighted by atomic mass is 10.2. The van der Waals surface area contributed by atoms with Crippen LogP contribution in [0, 0.1) is 19.7 Å². The molecule has 0 bridgehead atoms. The second-order valence-corrected chi connectivity index (χ2v) is 8.69. The van der Waals surface area contributed by atoms with Gasteiger partial charge in [-0.2, -0.15) is 5.10 Å². The molecule has 2 aromatic carbocycles. The molecule has 0 radical (unpaired) electrons. The molecule has 150 valence electrons. The van der Waals surface area contributed by atoms with E-state index in [1.807, 2.05) is 36.6 Å². The molecule has 0 saturated carbocycles. The minimum Gasteiger partial charge on any atom is -0.315 e. The number of nitrogens with one attached hydrogen (secondary N) is 1. The number of hydrogen-bond donors (Lipinski definition) is 1. The summed E-state index contributed by atoms with van der Waals surface area (Å²) in [5, 5.41) is 4.70. The van der Waals surface area contributed by atoms with E-state index in [1.54, 1.807) is 30.5 Å². The summed E-state index contributed by atoms with van der Waals surface area (Å²) in [6, 6.07) is 14.1. The minimum absolute atomic E-state index is 0.214. The van der Waals surface area contributed by atoms with Crippen LogP contribution in [0.3, 0.4) is 0 Å². The number of aryl methyl sites for hydroxylation is 1. The molecule has 8 heteroatoms. The van der Waals surface area contributed by atoms with Gasteiger partial charge in [-0.05, 0) is 62.4 Å². The van der Waals surface area contributed by atoms with Crippen molar-refractivity contribution >= 4 is 51.4 Å². The molecule has 3 rings (SSSR count). The maximum Gasteiger partial charge on any atom is 0.250 e. The Bertz CT molecular complexity index is 1070. The molecular formula is C21H18BrClFN3OS. The number of hydrogen-bond acceptors (Lipinski definition) is 3. The van der Waals surface area contributed by atoms with Crippen molar-refractivity contribution in [2.45, 2.75) is 18.7 Å². The van der Waals surface area contributed by atoms with Crippen LogP contribution in [0.4, 0.5) is 4.39 Å². The number of thioether (sulfide) groups is 1. The number of benzene rings is 2. The first-order chi connectivity index (χ1) is 13.8. The predicted molar refractivity (Wildman–Crippen MR) is 121 cm³/mol. The summed E-state index contributed by atoms with van der Waals surface area (Å²) >= 11 is 10.5. The molecule has 0 aliphatic carbocycles. The van der Waals surface area contributed by atoms with Crippen LogP contribution < -0.4 is 5.43 Å². The minimum atomic E-state index is -0.322. The van der Waals surface area contributed by atoms with Crippen LogP contribution in [0.5, 0.6) is 0 Å². The molecular weight excluding hydrogens is 477 g/mol. The summed E-state index contributed by atoms with van der Waals surface area (Å²) in [6.45, 7) is 3.78. The summed E-state index contributed by atoms with van der Waals surface area (Å²) in [4.78, 5) is 13.0. The molecule has 1 heterocycles. The molecule has 0 fully saturated rings. The number of amides is 1. The third-order valence-corrected chi connectivity index (χ3v) is 5.95. The van der Waals surface area contributed by atoms with Crippen LogP contribution in [0.1, 0.15) is 17.0 Å². The summed E-state index contributed by atoms with van der Waals surface area (Å²) in [6.07, 6.45) is 1.57. The molecule has 0 spiro atoms. The predicted octanol–water partition coefficient (Wildman–Crippen LogP) is 5.89. The standard InChI is InChI=1S/C21H18BrClFN3OS/c1-13-9-15(14(2)27(13)20-8-3-16(22)10-19(20)24)11-25-26-21(28)12-29-18-6-4-17(23)5-7-18/h3-11H,12H2,1-2H3,(H,26,28)/b25-11-. The lowest BCUT2D eigenvalue weighted by molar-refractivity contribution is -0.118. The zero-order chi connectivity index (χ0) is 21.0. The first kappa shape index (κ1) is 21.6. The Balaban J connectivity index is 1.65. The summed E-state index contributed by atoms with van der Waals surface area (Å²) < 4.78 is 16.9. The van der Waals surface area contributed by atoms with Crippen molar-refractivity contribution in [1.82, 2.24) is 9.99 Å². The number of carbonyl (C=O) groups excluding carboxylic acids is 1. The van der Waals surface area contributed by atoms with E-state index in [0.29, 0.717) is 15.2 Å². The van der Waals surface area contributed by atoms with E-state index in [2.05, 4.69) is 26.5 Å². The second-order valence-electron chi connectivity index (χ2n) is 6.29. The lowest BCUT2D eigenvalue weighted by Gasteiger charge is -2.11. The SMILES string of the molecule is Cc1cc(/C=N\NC(=O)CSc2ccc(Cl)cc2)c(C)n1-c1ccc(Br)cc1F. The van der Waals surface area contributed by atoms with Gasteiger partial charge < -0.3 is 4.57 Å². The summed E-state index contributed by atoms with van der Waals surface area (Å²) in [5.74, 6) is -0.298. The third kappa shape index (κ3) is 5.50. The first-order valence-corrected chi connectivity index (χ1v) is 10.9. The molecule has 0 aliphatic heterocycles. The van der Waals surface area contributed by atoms with Crippen molar-refractivity contribution in [2.24, 2.45) is 5.10 Å². The monoisotopic (exact) mass is 493 g/mol. The van der Waals surface area contributed by atoms with Crippen molar-refractivity contribution in [2.75, 3.05) is 5.75 Å². The summed E-state index contributed by atoms with van der Waals surface area (Å²) in [5.41, 5.74) is 5.49. The van der Waals surface area contributed by atoms with Gasteiger partial charge in [0.1, 0.15) is 5.82 Å². The van der Waals surface area contributed by atoms with E-state index in [0.717, 1.165) is 21.8 Å². The molecule has 0 aliphatic rings. The Labute approximate surface area is 186 Å². The van der Waals surface area contributed by atoms with Gasteiger partial charge in [0, 0.05) is 31.3 Å². The molecule has 29 heavy (non-hydrogen) atoms. The van der Waals surface area contributed by atoms with Crippen molar-refractivity contribution in [1.29, 1.82) is 0 Å². The third-order valence-electron chi connectivity index (χ3n) is 4.20. The highest BCUT2D eigenvalue weighted by Crippen LogP contribution is 2.24. The maximum atomic E-state index is 14.4. The molecule has 4 nitrogen and oxygen atoms in total. The maximum absolute atomic E-state index is 14.4. The highest BCUT2D eigenvalue weighted by Gasteiger charge is 2.13. The van der Waals surface area contributed by atoms with Crippen LogP contribution in [0.15, 0.2) is 63.0 Å². The highest BCUT2D eigenvalue weighted by atomic mass is 79.9. The number of halogens is 3. The van der Waals surface area contributed by atoms with Crippen molar-refractivity contribution < 1.29 is 9.18 Å². The Hall–Kier alpha value is -2.09. The highest BCUT2D eigenvalue weighted by molar-refractivity contribution is 9.10. The number of nitrogens with zero attached hydrogens (tertiary/aromatic N) is 2. The van der Waals surface area contributed by atoms with E-state index in [4.69, 9.17) is 11.6 Å². The van der Waals surface area contributed by atoms with E-state index in [1.165, 1.54) is 17.8 Å². The molecule has 0 unspecified atom stereocenters. The fourth-order valence-corrected chi connectivity index (χ4v) is 3.99. The number of carbonyl (C=O) groups is 1. The summed E-state index contributed by atoms with van der Waals surface area (Å²) in [7, 11) is 0. The molecule has 1 amide bonds. The second kappa shape index (κ2) is 9.61. The van der Waals surface area contributed by atoms with Crippen LogP contribution in [0.25, 0.3) is 5.69 Å². The molecule has 3 aromatic rings. The van der Waals surface area contributed by atoms with Crippen molar-refractivity contribution in [3.8, 4) is 5.69 Å². The van der Waals surface area contributed by atoms with Gasteiger partial charge in [0.25, 0.3) is 0 Å². The van der Waals surface area contributed by atoms with Gasteiger partial charge in [0.05, 0.1) is 17.7 Å². The zero-order valence-corrected chi connectivity index (χ0v) is 18.9. The number of hydrazone groups is 1. The van der Waals surface area contributed by atoms with E-state index in [-0.39, 0.29) is 17.5 Å². The van der Waals surface area contributed by atoms with E-state index in [9.17, 15) is 9.18 Å². The Kier molecular flexibility index (Phi) is 7.16. The van der Waals surface area contributed by atoms with Gasteiger partial charge in [0.15, 0.2) is 0 Å². The van der Waals surface area contributed by atoms with Gasteiger partial charge in [0.2, 0.25) is 5.91 Å². The fourth-order valence-electron chi connectivity index (χ4n) is 2.84. The number of rotatable bonds is 6. The smallest absolute Gasteiger partial charge is 0.250 e. The van der Waals surface area contributed by atoms with Crippen molar-refractivity contribution in [3.05, 3.63) is 80.8 Å². The van der Waals surface area contributed by atoms with Crippen LogP contribution >= 0.6 is 39.3 Å². The van der Waals surface area contributed by atoms with Gasteiger partial charge in [-0.3, -0.25) is 4.79 Å². The molecule has 1 N–H and O–H groups in total. The average molecular weight is 495 g/mol. The molecule has 0 atom stereocenters. The topological polar surface area (TPSA) is 46.4 Å². The molecule has 0 saturated heterocycles. The number of aromatic nitrogens is 1. The Morgan fingerprint density at radius 1 is 1.24 bits per heavy atom. The van der Waals surface area contributed by atoms with Gasteiger partial charge in [-0.25, -0.2) is 9.82 Å². The molecule has 1 aromatic heterocycles. The first-order valence-electron chi connectivity index (χ1n) is 8.70. The average Bonchev–Trinajstić information content (AvgIpc) is 2.95. The van der Waals surface area contributed by atoms with Crippen LogP contribution in [0.2, 0.25) is 5.02 Å². The van der Waals surface area contributed by atoms with Crippen LogP contribution in [-0.4, -0.2) is 22.4 Å². The van der Waals surface area contributed by atoms with E-state index >= 15 is 0 Å². The van der Waals surface area contributed by atoms with E-state index < -0.39 is 0 Å². The zero-order valence-electron chi connectivity index (χ0n) is 15.7. The fraction of sp³-hybridized carbons (Fsp3) is 0.143. The quantitative estimate of drug-likeness (QED) is 0.264. The van der Waals surface area contributed by atoms with Gasteiger partial charge in [-0.1, -0.05) is 27.5 Å². The normalized spacial score (nSPS) is 11.2. The van der Waals surface area contributed by atoms with Crippen LogP contribution in [-0.2, 0) is 4.79 Å². The Morgan fingerprint density at radius 3 is 2.66 bits per heavy atom. The largest absolute Gasteiger partial charge is 0.315 e. The van der Waals surface area contributed by atoms with Gasteiger partial charge >= 0.3 is 0 Å². The van der Waals surface area contributed by atoms with Gasteiger partial charge in [-0.15, -0.1) is 11.8 Å². The van der Waals surface area contributed by atoms with Crippen molar-refractivity contribution in [3.63, 3.8) is 0 Å². The Morgan fingerprint density at radius 2 is 1.97 bits per heavy atom. The lowest BCUT2D eigenvalue weighted by Crippen LogP contribution is -2.19.